The molecule has 0 aliphatic rings. The highest BCUT2D eigenvalue weighted by Gasteiger charge is 2.13. The van der Waals surface area contributed by atoms with E-state index < -0.39 is 0 Å². The number of nitrogen functional groups attached to an aromatic ring is 1. The second-order valence-corrected chi connectivity index (χ2v) is 7.03. The third-order valence-corrected chi connectivity index (χ3v) is 4.93. The van der Waals surface area contributed by atoms with Crippen LogP contribution < -0.4 is 11.1 Å². The second-order valence-electron chi connectivity index (χ2n) is 7.03. The second kappa shape index (κ2) is 10.9. The highest BCUT2D eigenvalue weighted by Crippen LogP contribution is 2.34. The van der Waals surface area contributed by atoms with Crippen LogP contribution in [0, 0.1) is 0 Å². The molecule has 1 heterocycles. The zero-order valence-electron chi connectivity index (χ0n) is 17.5. The summed E-state index contributed by atoms with van der Waals surface area (Å²) < 4.78 is 0. The van der Waals surface area contributed by atoms with Gasteiger partial charge in [0.25, 0.3) is 0 Å². The zero-order chi connectivity index (χ0) is 21.2. The number of nitrogens with one attached hydrogen (secondary N) is 1. The molecule has 0 amide bonds. The number of anilines is 1. The molecule has 2 aromatic carbocycles. The average molecular weight is 396 g/mol. The third kappa shape index (κ3) is 5.56. The van der Waals surface area contributed by atoms with Gasteiger partial charge in [-0.3, -0.25) is 4.98 Å². The van der Waals surface area contributed by atoms with Crippen LogP contribution in [0.15, 0.2) is 97.7 Å². The number of aromatic nitrogens is 1. The monoisotopic (exact) mass is 395 g/mol. The van der Waals surface area contributed by atoms with Crippen LogP contribution in [0.5, 0.6) is 0 Å². The molecule has 152 valence electrons. The Morgan fingerprint density at radius 2 is 1.70 bits per heavy atom. The average Bonchev–Trinajstić information content (AvgIpc) is 2.79. The van der Waals surface area contributed by atoms with Crippen molar-refractivity contribution in [2.75, 3.05) is 12.3 Å². The molecule has 30 heavy (non-hydrogen) atoms. The third-order valence-electron chi connectivity index (χ3n) is 4.93. The van der Waals surface area contributed by atoms with Gasteiger partial charge in [0, 0.05) is 30.5 Å². The predicted molar refractivity (Wildman–Crippen MR) is 129 cm³/mol. The molecular weight excluding hydrogens is 366 g/mol. The lowest BCUT2D eigenvalue weighted by Crippen LogP contribution is -2.13. The summed E-state index contributed by atoms with van der Waals surface area (Å²) in [6.07, 6.45) is 8.64. The summed E-state index contributed by atoms with van der Waals surface area (Å²) in [5, 5.41) is 3.36. The van der Waals surface area contributed by atoms with E-state index in [2.05, 4.69) is 67.4 Å². The molecular formula is C27H29N3. The number of benzene rings is 2. The Balaban J connectivity index is 1.96. The zero-order valence-corrected chi connectivity index (χ0v) is 17.5. The topological polar surface area (TPSA) is 50.9 Å². The summed E-state index contributed by atoms with van der Waals surface area (Å²) in [6.45, 7) is 7.39. The first-order chi connectivity index (χ1) is 14.7. The van der Waals surface area contributed by atoms with Gasteiger partial charge in [-0.25, -0.2) is 0 Å². The summed E-state index contributed by atoms with van der Waals surface area (Å²) in [7, 11) is 0. The van der Waals surface area contributed by atoms with Crippen molar-refractivity contribution in [2.45, 2.75) is 19.9 Å². The smallest absolute Gasteiger partial charge is 0.0542 e. The van der Waals surface area contributed by atoms with Crippen molar-refractivity contribution in [2.24, 2.45) is 0 Å². The molecule has 3 nitrogen and oxygen atoms in total. The van der Waals surface area contributed by atoms with E-state index >= 15 is 0 Å². The minimum absolute atomic E-state index is 0.724. The number of nitrogens with two attached hydrogens (primary N) is 1. The molecule has 3 rings (SSSR count). The van der Waals surface area contributed by atoms with Gasteiger partial charge in [-0.2, -0.15) is 0 Å². The highest BCUT2D eigenvalue weighted by molar-refractivity contribution is 5.98. The Hall–Kier alpha value is -3.43. The van der Waals surface area contributed by atoms with E-state index in [1.54, 1.807) is 6.08 Å². The van der Waals surface area contributed by atoms with Gasteiger partial charge >= 0.3 is 0 Å². The van der Waals surface area contributed by atoms with Crippen LogP contribution in [0.25, 0.3) is 11.1 Å². The maximum absolute atomic E-state index is 5.94. The molecule has 0 atom stereocenters. The Labute approximate surface area is 179 Å². The van der Waals surface area contributed by atoms with E-state index in [-0.39, 0.29) is 0 Å². The molecule has 3 heteroatoms. The maximum atomic E-state index is 5.94. The Kier molecular flexibility index (Phi) is 7.76. The van der Waals surface area contributed by atoms with Crippen LogP contribution in [-0.4, -0.2) is 11.5 Å². The molecule has 3 N–H and O–H groups in total. The minimum atomic E-state index is 0.724. The lowest BCUT2D eigenvalue weighted by atomic mass is 9.89. The highest BCUT2D eigenvalue weighted by atomic mass is 14.9. The van der Waals surface area contributed by atoms with E-state index in [0.29, 0.717) is 0 Å². The van der Waals surface area contributed by atoms with Crippen molar-refractivity contribution < 1.29 is 0 Å². The van der Waals surface area contributed by atoms with E-state index in [0.717, 1.165) is 42.0 Å². The molecule has 0 saturated carbocycles. The van der Waals surface area contributed by atoms with Gasteiger partial charge in [0.05, 0.1) is 5.69 Å². The van der Waals surface area contributed by atoms with Gasteiger partial charge in [0.1, 0.15) is 0 Å². The Bertz CT molecular complexity index is 998. The van der Waals surface area contributed by atoms with Crippen LogP contribution in [0.4, 0.5) is 5.69 Å². The van der Waals surface area contributed by atoms with E-state index in [1.165, 1.54) is 16.7 Å². The SMILES string of the molecule is C=C/C=C/CNCc1ccc(/C(=C(/CC)c2ccccc2)c2ccc(N)cc2)cn1. The van der Waals surface area contributed by atoms with Gasteiger partial charge < -0.3 is 11.1 Å². The predicted octanol–water partition coefficient (Wildman–Crippen LogP) is 5.86. The van der Waals surface area contributed by atoms with E-state index in [9.17, 15) is 0 Å². The van der Waals surface area contributed by atoms with Crippen molar-refractivity contribution >= 4 is 16.8 Å². The van der Waals surface area contributed by atoms with Crippen LogP contribution in [0.2, 0.25) is 0 Å². The fourth-order valence-electron chi connectivity index (χ4n) is 3.45. The Morgan fingerprint density at radius 3 is 2.33 bits per heavy atom. The fourth-order valence-corrected chi connectivity index (χ4v) is 3.45. The number of hydrogen-bond donors (Lipinski definition) is 2. The van der Waals surface area contributed by atoms with Crippen LogP contribution in [0.3, 0.4) is 0 Å². The molecule has 0 fully saturated rings. The first-order valence-electron chi connectivity index (χ1n) is 10.3. The number of nitrogens with zero attached hydrogens (tertiary/aromatic N) is 1. The number of allylic oxidation sites excluding steroid dienone is 3. The summed E-state index contributed by atoms with van der Waals surface area (Å²) in [5.74, 6) is 0. The number of rotatable bonds is 9. The summed E-state index contributed by atoms with van der Waals surface area (Å²) >= 11 is 0. The van der Waals surface area contributed by atoms with E-state index in [1.807, 2.05) is 36.5 Å². The van der Waals surface area contributed by atoms with Crippen molar-refractivity contribution in [3.63, 3.8) is 0 Å². The van der Waals surface area contributed by atoms with Crippen molar-refractivity contribution in [3.8, 4) is 0 Å². The van der Waals surface area contributed by atoms with Gasteiger partial charge in [-0.1, -0.05) is 80.3 Å². The van der Waals surface area contributed by atoms with Crippen LogP contribution >= 0.6 is 0 Å². The molecule has 0 saturated heterocycles. The van der Waals surface area contributed by atoms with Crippen LogP contribution in [-0.2, 0) is 6.54 Å². The van der Waals surface area contributed by atoms with Crippen LogP contribution in [0.1, 0.15) is 35.7 Å². The summed E-state index contributed by atoms with van der Waals surface area (Å²) in [4.78, 5) is 4.71. The quantitative estimate of drug-likeness (QED) is 0.206. The van der Waals surface area contributed by atoms with Crippen molar-refractivity contribution in [3.05, 3.63) is 120 Å². The first-order valence-corrected chi connectivity index (χ1v) is 10.3. The molecule has 3 aromatic rings. The molecule has 0 unspecified atom stereocenters. The summed E-state index contributed by atoms with van der Waals surface area (Å²) in [6, 6.07) is 22.9. The summed E-state index contributed by atoms with van der Waals surface area (Å²) in [5.41, 5.74) is 13.7. The molecule has 0 aliphatic heterocycles. The van der Waals surface area contributed by atoms with Gasteiger partial charge in [0.2, 0.25) is 0 Å². The van der Waals surface area contributed by atoms with Crippen molar-refractivity contribution in [1.29, 1.82) is 0 Å². The van der Waals surface area contributed by atoms with Crippen molar-refractivity contribution in [1.82, 2.24) is 10.3 Å². The largest absolute Gasteiger partial charge is 0.399 e. The lowest BCUT2D eigenvalue weighted by molar-refractivity contribution is 0.740. The first kappa shape index (κ1) is 21.3. The number of pyridine rings is 1. The Morgan fingerprint density at radius 1 is 0.967 bits per heavy atom. The minimum Gasteiger partial charge on any atom is -0.399 e. The molecule has 0 radical (unpaired) electrons. The molecule has 1 aromatic heterocycles. The fraction of sp³-hybridized carbons (Fsp3) is 0.148. The van der Waals surface area contributed by atoms with Gasteiger partial charge in [0.15, 0.2) is 0 Å². The van der Waals surface area contributed by atoms with Gasteiger partial charge in [-0.05, 0) is 46.9 Å². The normalized spacial score (nSPS) is 12.0. The standard InChI is InChI=1S/C27H29N3/c1-3-5-9-18-29-20-25-17-14-23(19-30-25)27(22-12-15-24(28)16-13-22)26(4-2)21-10-7-6-8-11-21/h3,5-17,19,29H,1,4,18,20,28H2,2H3/b9-5+,27-26-. The van der Waals surface area contributed by atoms with Gasteiger partial charge in [-0.15, -0.1) is 0 Å². The molecule has 0 bridgehead atoms. The molecule has 0 aliphatic carbocycles. The lowest BCUT2D eigenvalue weighted by Gasteiger charge is -2.16. The maximum Gasteiger partial charge on any atom is 0.0542 e. The molecule has 0 spiro atoms. The number of hydrogen-bond acceptors (Lipinski definition) is 3. The van der Waals surface area contributed by atoms with E-state index in [4.69, 9.17) is 10.7 Å².